The molecule has 0 aromatic rings. The van der Waals surface area contributed by atoms with Gasteiger partial charge in [0.2, 0.25) is 0 Å². The van der Waals surface area contributed by atoms with Crippen LogP contribution in [0.15, 0.2) is 0 Å². The van der Waals surface area contributed by atoms with Crippen LogP contribution in [0.2, 0.25) is 0 Å². The molecule has 2 unspecified atom stereocenters. The van der Waals surface area contributed by atoms with Crippen molar-refractivity contribution in [1.82, 2.24) is 0 Å². The van der Waals surface area contributed by atoms with E-state index in [-0.39, 0.29) is 6.42 Å². The highest BCUT2D eigenvalue weighted by atomic mass is 16.4. The monoisotopic (exact) mass is 470 g/mol. The summed E-state index contributed by atoms with van der Waals surface area (Å²) in [5.41, 5.74) is -1.95. The van der Waals surface area contributed by atoms with Crippen LogP contribution < -0.4 is 0 Å². The second kappa shape index (κ2) is 21.6. The summed E-state index contributed by atoms with van der Waals surface area (Å²) in [6.07, 6.45) is 20.1. The van der Waals surface area contributed by atoms with Gasteiger partial charge in [-0.2, -0.15) is 0 Å². The molecule has 0 radical (unpaired) electrons. The molecule has 0 bridgehead atoms. The first kappa shape index (κ1) is 32.1. The van der Waals surface area contributed by atoms with E-state index in [1.165, 1.54) is 77.0 Å². The van der Waals surface area contributed by atoms with Crippen molar-refractivity contribution in [2.45, 2.75) is 167 Å². The Hall–Kier alpha value is -0.940. The Bertz CT molecular complexity index is 479. The van der Waals surface area contributed by atoms with Crippen molar-refractivity contribution < 1.29 is 24.9 Å². The topological polar surface area (TPSA) is 94.8 Å². The molecule has 3 N–H and O–H groups in total. The lowest BCUT2D eigenvalue weighted by Crippen LogP contribution is -2.46. The van der Waals surface area contributed by atoms with Crippen molar-refractivity contribution in [2.75, 3.05) is 0 Å². The molecule has 0 aromatic carbocycles. The van der Waals surface area contributed by atoms with Crippen LogP contribution in [0.25, 0.3) is 0 Å². The number of ketones is 1. The molecular formula is C28H54O5. The number of Topliss-reactive ketones (excluding diaryl/α,β-unsaturated/α-hetero) is 1. The van der Waals surface area contributed by atoms with Crippen LogP contribution >= 0.6 is 0 Å². The van der Waals surface area contributed by atoms with Crippen LogP contribution in [0.3, 0.4) is 0 Å². The summed E-state index contributed by atoms with van der Waals surface area (Å²) in [7, 11) is 0. The minimum absolute atomic E-state index is 0.114. The maximum atomic E-state index is 12.7. The SMILES string of the molecule is CCCCCCCCCCCCC(O)C(=O)C(O)(CCCCCCCCCCC)CC(=O)O. The van der Waals surface area contributed by atoms with Crippen molar-refractivity contribution >= 4 is 11.8 Å². The number of hydrogen-bond acceptors (Lipinski definition) is 4. The van der Waals surface area contributed by atoms with Crippen molar-refractivity contribution in [3.63, 3.8) is 0 Å². The van der Waals surface area contributed by atoms with E-state index in [4.69, 9.17) is 0 Å². The van der Waals surface area contributed by atoms with Gasteiger partial charge in [0.05, 0.1) is 6.42 Å². The molecule has 2 atom stereocenters. The number of carboxylic acid groups (broad SMARTS) is 1. The zero-order valence-electron chi connectivity index (χ0n) is 21.8. The highest BCUT2D eigenvalue weighted by Gasteiger charge is 2.40. The van der Waals surface area contributed by atoms with Gasteiger partial charge < -0.3 is 15.3 Å². The molecule has 0 aromatic heterocycles. The summed E-state index contributed by atoms with van der Waals surface area (Å²) < 4.78 is 0. The van der Waals surface area contributed by atoms with E-state index in [2.05, 4.69) is 13.8 Å². The minimum atomic E-state index is -1.95. The van der Waals surface area contributed by atoms with Crippen LogP contribution in [0.4, 0.5) is 0 Å². The van der Waals surface area contributed by atoms with Crippen LogP contribution in [0.5, 0.6) is 0 Å². The van der Waals surface area contributed by atoms with Crippen molar-refractivity contribution in [3.05, 3.63) is 0 Å². The number of carbonyl (C=O) groups is 2. The standard InChI is InChI=1S/C28H54O5/c1-3-5-7-9-11-13-14-16-18-20-22-25(29)27(32)28(33,24-26(30)31)23-21-19-17-15-12-10-8-6-4-2/h25,29,33H,3-24H2,1-2H3,(H,30,31). The van der Waals surface area contributed by atoms with Gasteiger partial charge in [0.15, 0.2) is 5.78 Å². The predicted octanol–water partition coefficient (Wildman–Crippen LogP) is 7.35. The molecule has 196 valence electrons. The molecule has 0 rings (SSSR count). The molecule has 0 amide bonds. The molecule has 0 aliphatic rings. The number of carbonyl (C=O) groups excluding carboxylic acids is 1. The molecule has 0 spiro atoms. The number of unbranched alkanes of at least 4 members (excludes halogenated alkanes) is 17. The third-order valence-electron chi connectivity index (χ3n) is 6.73. The first-order valence-electron chi connectivity index (χ1n) is 14.0. The van der Waals surface area contributed by atoms with Gasteiger partial charge in [0, 0.05) is 0 Å². The van der Waals surface area contributed by atoms with E-state index in [0.29, 0.717) is 12.8 Å². The van der Waals surface area contributed by atoms with Gasteiger partial charge in [-0.3, -0.25) is 9.59 Å². The van der Waals surface area contributed by atoms with Crippen LogP contribution in [0.1, 0.15) is 155 Å². The summed E-state index contributed by atoms with van der Waals surface area (Å²) in [5.74, 6) is -1.91. The molecule has 0 heterocycles. The molecular weight excluding hydrogens is 416 g/mol. The molecule has 0 saturated heterocycles. The Morgan fingerprint density at radius 1 is 0.636 bits per heavy atom. The lowest BCUT2D eigenvalue weighted by Gasteiger charge is -2.27. The lowest BCUT2D eigenvalue weighted by atomic mass is 9.84. The third kappa shape index (κ3) is 18.1. The molecule has 5 nitrogen and oxygen atoms in total. The zero-order chi connectivity index (χ0) is 24.8. The number of carboxylic acids is 1. The molecule has 0 saturated carbocycles. The average molecular weight is 471 g/mol. The Kier molecular flexibility index (Phi) is 21.0. The summed E-state index contributed by atoms with van der Waals surface area (Å²) in [6.45, 7) is 4.42. The Morgan fingerprint density at radius 3 is 1.39 bits per heavy atom. The minimum Gasteiger partial charge on any atom is -0.481 e. The number of aliphatic carboxylic acids is 1. The second-order valence-electron chi connectivity index (χ2n) is 10.0. The van der Waals surface area contributed by atoms with Crippen LogP contribution in [-0.4, -0.2) is 38.8 Å². The maximum absolute atomic E-state index is 12.7. The number of hydrogen-bond donors (Lipinski definition) is 3. The Labute approximate surface area is 203 Å². The van der Waals surface area contributed by atoms with Gasteiger partial charge in [-0.25, -0.2) is 0 Å². The normalized spacial score (nSPS) is 14.2. The fraction of sp³-hybridized carbons (Fsp3) is 0.929. The van der Waals surface area contributed by atoms with E-state index in [1.807, 2.05) is 0 Å². The van der Waals surface area contributed by atoms with Crippen LogP contribution in [-0.2, 0) is 9.59 Å². The summed E-state index contributed by atoms with van der Waals surface area (Å²) in [6, 6.07) is 0. The van der Waals surface area contributed by atoms with E-state index in [1.54, 1.807) is 0 Å². The first-order chi connectivity index (χ1) is 15.9. The van der Waals surface area contributed by atoms with Crippen molar-refractivity contribution in [2.24, 2.45) is 0 Å². The van der Waals surface area contributed by atoms with Gasteiger partial charge in [0.1, 0.15) is 11.7 Å². The number of rotatable bonds is 25. The molecule has 0 fully saturated rings. The summed E-state index contributed by atoms with van der Waals surface area (Å²) in [4.78, 5) is 23.9. The smallest absolute Gasteiger partial charge is 0.306 e. The van der Waals surface area contributed by atoms with Crippen molar-refractivity contribution in [3.8, 4) is 0 Å². The summed E-state index contributed by atoms with van der Waals surface area (Å²) in [5, 5.41) is 30.3. The number of aliphatic hydroxyl groups excluding tert-OH is 1. The van der Waals surface area contributed by atoms with E-state index in [9.17, 15) is 24.9 Å². The fourth-order valence-electron chi connectivity index (χ4n) is 4.54. The predicted molar refractivity (Wildman–Crippen MR) is 137 cm³/mol. The molecule has 0 aliphatic carbocycles. The first-order valence-corrected chi connectivity index (χ1v) is 14.0. The highest BCUT2D eigenvalue weighted by Crippen LogP contribution is 2.25. The third-order valence-corrected chi connectivity index (χ3v) is 6.73. The second-order valence-corrected chi connectivity index (χ2v) is 10.0. The van der Waals surface area contributed by atoms with E-state index >= 15 is 0 Å². The largest absolute Gasteiger partial charge is 0.481 e. The fourth-order valence-corrected chi connectivity index (χ4v) is 4.54. The highest BCUT2D eigenvalue weighted by molar-refractivity contribution is 5.93. The van der Waals surface area contributed by atoms with Gasteiger partial charge in [-0.05, 0) is 12.8 Å². The maximum Gasteiger partial charge on any atom is 0.306 e. The Morgan fingerprint density at radius 2 is 1.00 bits per heavy atom. The van der Waals surface area contributed by atoms with Gasteiger partial charge >= 0.3 is 5.97 Å². The Balaban J connectivity index is 4.13. The zero-order valence-corrected chi connectivity index (χ0v) is 21.8. The molecule has 5 heteroatoms. The van der Waals surface area contributed by atoms with Gasteiger partial charge in [-0.15, -0.1) is 0 Å². The van der Waals surface area contributed by atoms with E-state index in [0.717, 1.165) is 38.5 Å². The van der Waals surface area contributed by atoms with Crippen LogP contribution in [0, 0.1) is 0 Å². The lowest BCUT2D eigenvalue weighted by molar-refractivity contribution is -0.157. The van der Waals surface area contributed by atoms with Gasteiger partial charge in [0.25, 0.3) is 0 Å². The quantitative estimate of drug-likeness (QED) is 0.121. The summed E-state index contributed by atoms with van der Waals surface area (Å²) >= 11 is 0. The average Bonchev–Trinajstić information content (AvgIpc) is 2.78. The van der Waals surface area contributed by atoms with Gasteiger partial charge in [-0.1, -0.05) is 136 Å². The molecule has 0 aliphatic heterocycles. The van der Waals surface area contributed by atoms with Crippen molar-refractivity contribution in [1.29, 1.82) is 0 Å². The number of aliphatic hydroxyl groups is 2. The van der Waals surface area contributed by atoms with E-state index < -0.39 is 29.9 Å². The molecule has 33 heavy (non-hydrogen) atoms.